The Morgan fingerprint density at radius 3 is 2.07 bits per heavy atom. The molecule has 0 unspecified atom stereocenters. The molecule has 1 aliphatic rings. The lowest BCUT2D eigenvalue weighted by Gasteiger charge is -2.35. The fraction of sp³-hybridized carbons (Fsp3) is 0.345. The van der Waals surface area contributed by atoms with E-state index in [1.165, 1.54) is 47.8 Å². The molecule has 0 spiro atoms. The summed E-state index contributed by atoms with van der Waals surface area (Å²) >= 11 is 12.2. The third-order valence-corrected chi connectivity index (χ3v) is 10.9. The quantitative estimate of drug-likeness (QED) is 0.223. The van der Waals surface area contributed by atoms with Gasteiger partial charge in [-0.2, -0.15) is 4.31 Å². The molecule has 4 N–H and O–H groups in total. The summed E-state index contributed by atoms with van der Waals surface area (Å²) in [6.07, 6.45) is 1.02. The second kappa shape index (κ2) is 14.6. The Morgan fingerprint density at radius 1 is 0.911 bits per heavy atom. The summed E-state index contributed by atoms with van der Waals surface area (Å²) in [6.45, 7) is 1.02. The number of aliphatic hydroxyl groups excluding tert-OH is 2. The van der Waals surface area contributed by atoms with E-state index in [9.17, 15) is 31.8 Å². The van der Waals surface area contributed by atoms with Crippen molar-refractivity contribution in [1.82, 2.24) is 9.62 Å². The molecule has 1 amide bonds. The lowest BCUT2D eigenvalue weighted by Crippen LogP contribution is -2.48. The molecule has 3 aromatic carbocycles. The van der Waals surface area contributed by atoms with E-state index >= 15 is 0 Å². The molecular formula is C29H35Cl2N5O7S2. The van der Waals surface area contributed by atoms with Crippen LogP contribution in [0.3, 0.4) is 0 Å². The maximum atomic E-state index is 13.4. The van der Waals surface area contributed by atoms with E-state index in [-0.39, 0.29) is 49.0 Å². The van der Waals surface area contributed by atoms with Crippen LogP contribution < -0.4 is 19.8 Å². The van der Waals surface area contributed by atoms with Gasteiger partial charge < -0.3 is 25.7 Å². The van der Waals surface area contributed by atoms with E-state index in [1.54, 1.807) is 24.3 Å². The Labute approximate surface area is 273 Å². The summed E-state index contributed by atoms with van der Waals surface area (Å²) < 4.78 is 53.7. The van der Waals surface area contributed by atoms with Crippen molar-refractivity contribution in [2.75, 3.05) is 67.2 Å². The number of aliphatic hydroxyl groups is 2. The molecule has 12 nitrogen and oxygen atoms in total. The van der Waals surface area contributed by atoms with Gasteiger partial charge in [0.15, 0.2) is 0 Å². The molecule has 1 fully saturated rings. The molecule has 0 radical (unpaired) electrons. The maximum Gasteiger partial charge on any atom is 0.257 e. The molecule has 244 valence electrons. The molecule has 0 atom stereocenters. The van der Waals surface area contributed by atoms with Crippen LogP contribution >= 0.6 is 23.2 Å². The predicted octanol–water partition coefficient (Wildman–Crippen LogP) is 2.60. The van der Waals surface area contributed by atoms with Crippen molar-refractivity contribution in [2.45, 2.75) is 17.5 Å². The van der Waals surface area contributed by atoms with Crippen LogP contribution in [0.2, 0.25) is 10.0 Å². The number of anilines is 3. The number of sulfonamides is 2. The lowest BCUT2D eigenvalue weighted by molar-refractivity contribution is 0.102. The highest BCUT2D eigenvalue weighted by Crippen LogP contribution is 2.28. The highest BCUT2D eigenvalue weighted by Gasteiger charge is 2.29. The lowest BCUT2D eigenvalue weighted by atomic mass is 10.1. The summed E-state index contributed by atoms with van der Waals surface area (Å²) in [6, 6.07) is 15.0. The average molecular weight is 701 g/mol. The number of carbonyl (C=O) groups excluding carboxylic acids is 1. The number of nitrogens with one attached hydrogen (secondary N) is 2. The van der Waals surface area contributed by atoms with Gasteiger partial charge in [-0.15, -0.1) is 0 Å². The highest BCUT2D eigenvalue weighted by atomic mass is 35.5. The standard InChI is InChI=1S/C29H35Cl2N5O7S2/c1-34(44(2,40)41)28-8-3-20(17-32-24(18-37)19-38)13-27(28)29(39)33-23-4-6-26(7-5-23)45(42,43)36-11-9-35(10-12-36)25-15-21(30)14-22(31)16-25/h3-8,13-16,24,32,37-38H,9-12,17-19H2,1-2H3,(H,33,39). The minimum absolute atomic E-state index is 0.0577. The number of rotatable bonds is 12. The Morgan fingerprint density at radius 2 is 1.51 bits per heavy atom. The molecule has 3 aromatic rings. The van der Waals surface area contributed by atoms with Gasteiger partial charge in [0.2, 0.25) is 20.0 Å². The van der Waals surface area contributed by atoms with Crippen molar-refractivity contribution in [2.24, 2.45) is 0 Å². The first kappa shape index (κ1) is 34.9. The molecule has 0 saturated carbocycles. The number of hydrogen-bond donors (Lipinski definition) is 4. The number of halogens is 2. The van der Waals surface area contributed by atoms with Gasteiger partial charge in [0.25, 0.3) is 5.91 Å². The molecule has 1 heterocycles. The monoisotopic (exact) mass is 699 g/mol. The average Bonchev–Trinajstić information content (AvgIpc) is 3.00. The van der Waals surface area contributed by atoms with E-state index in [0.717, 1.165) is 16.2 Å². The zero-order valence-electron chi connectivity index (χ0n) is 24.7. The van der Waals surface area contributed by atoms with Crippen LogP contribution in [-0.2, 0) is 26.6 Å². The smallest absolute Gasteiger partial charge is 0.257 e. The van der Waals surface area contributed by atoms with Crippen molar-refractivity contribution in [3.63, 3.8) is 0 Å². The minimum Gasteiger partial charge on any atom is -0.395 e. The molecule has 1 aliphatic heterocycles. The zero-order valence-corrected chi connectivity index (χ0v) is 27.8. The number of amides is 1. The summed E-state index contributed by atoms with van der Waals surface area (Å²) in [5.41, 5.74) is 1.92. The van der Waals surface area contributed by atoms with Gasteiger partial charge >= 0.3 is 0 Å². The topological polar surface area (TPSA) is 160 Å². The van der Waals surface area contributed by atoms with E-state index in [4.69, 9.17) is 23.2 Å². The fourth-order valence-corrected chi connectivity index (χ4v) is 7.20. The number of piperazine rings is 1. The van der Waals surface area contributed by atoms with Crippen molar-refractivity contribution >= 4 is 66.2 Å². The van der Waals surface area contributed by atoms with Crippen LogP contribution in [0.4, 0.5) is 17.1 Å². The van der Waals surface area contributed by atoms with Crippen molar-refractivity contribution in [3.8, 4) is 0 Å². The van der Waals surface area contributed by atoms with E-state index in [2.05, 4.69) is 10.6 Å². The fourth-order valence-electron chi connectivity index (χ4n) is 4.74. The third kappa shape index (κ3) is 8.65. The Bertz CT molecular complexity index is 1710. The van der Waals surface area contributed by atoms with Crippen LogP contribution in [-0.4, -0.2) is 96.0 Å². The summed E-state index contributed by atoms with van der Waals surface area (Å²) in [5.74, 6) is -0.615. The number of hydrogen-bond acceptors (Lipinski definition) is 9. The van der Waals surface area contributed by atoms with Crippen molar-refractivity contribution in [3.05, 3.63) is 81.8 Å². The first-order valence-electron chi connectivity index (χ1n) is 13.9. The highest BCUT2D eigenvalue weighted by molar-refractivity contribution is 7.92. The van der Waals surface area contributed by atoms with Gasteiger partial charge in [-0.05, 0) is 60.2 Å². The predicted molar refractivity (Wildman–Crippen MR) is 176 cm³/mol. The van der Waals surface area contributed by atoms with Gasteiger partial charge in [0.05, 0.1) is 41.7 Å². The number of carbonyl (C=O) groups is 1. The van der Waals surface area contributed by atoms with Crippen molar-refractivity contribution in [1.29, 1.82) is 0 Å². The van der Waals surface area contributed by atoms with Gasteiger partial charge in [0.1, 0.15) is 0 Å². The summed E-state index contributed by atoms with van der Waals surface area (Å²) in [4.78, 5) is 15.5. The van der Waals surface area contributed by atoms with Crippen LogP contribution in [0.15, 0.2) is 65.6 Å². The second-order valence-electron chi connectivity index (χ2n) is 10.5. The normalized spacial score (nSPS) is 14.5. The number of nitrogens with zero attached hydrogens (tertiary/aromatic N) is 3. The van der Waals surface area contributed by atoms with Crippen molar-refractivity contribution < 1.29 is 31.8 Å². The molecule has 0 aromatic heterocycles. The summed E-state index contributed by atoms with van der Waals surface area (Å²) in [5, 5.41) is 25.3. The molecule has 45 heavy (non-hydrogen) atoms. The maximum absolute atomic E-state index is 13.4. The zero-order chi connectivity index (χ0) is 32.9. The number of benzene rings is 3. The largest absolute Gasteiger partial charge is 0.395 e. The first-order chi connectivity index (χ1) is 21.2. The van der Waals surface area contributed by atoms with Gasteiger partial charge in [0, 0.05) is 61.2 Å². The first-order valence-corrected chi connectivity index (χ1v) is 17.9. The molecular weight excluding hydrogens is 665 g/mol. The molecule has 4 rings (SSSR count). The molecule has 0 bridgehead atoms. The minimum atomic E-state index is -3.81. The second-order valence-corrected chi connectivity index (χ2v) is 15.3. The van der Waals surface area contributed by atoms with Gasteiger partial charge in [-0.3, -0.25) is 9.10 Å². The SMILES string of the molecule is CN(c1ccc(CNC(CO)CO)cc1C(=O)Nc1ccc(S(=O)(=O)N2CCN(c3cc(Cl)cc(Cl)c3)CC2)cc1)S(C)(=O)=O. The van der Waals surface area contributed by atoms with Crippen LogP contribution in [0, 0.1) is 0 Å². The van der Waals surface area contributed by atoms with Gasteiger partial charge in [-0.25, -0.2) is 16.8 Å². The molecule has 1 saturated heterocycles. The van der Waals surface area contributed by atoms with Crippen LogP contribution in [0.5, 0.6) is 0 Å². The Balaban J connectivity index is 1.48. The van der Waals surface area contributed by atoms with Gasteiger partial charge in [-0.1, -0.05) is 29.3 Å². The Kier molecular flexibility index (Phi) is 11.4. The van der Waals surface area contributed by atoms with Crippen LogP contribution in [0.1, 0.15) is 15.9 Å². The van der Waals surface area contributed by atoms with Crippen LogP contribution in [0.25, 0.3) is 0 Å². The Hall–Kier alpha value is -2.95. The molecule has 16 heteroatoms. The van der Waals surface area contributed by atoms with E-state index < -0.39 is 32.0 Å². The van der Waals surface area contributed by atoms with E-state index in [1.807, 2.05) is 4.90 Å². The third-order valence-electron chi connectivity index (χ3n) is 7.38. The molecule has 0 aliphatic carbocycles. The summed E-state index contributed by atoms with van der Waals surface area (Å²) in [7, 11) is -6.19. The van der Waals surface area contributed by atoms with E-state index in [0.29, 0.717) is 34.4 Å².